The van der Waals surface area contributed by atoms with Gasteiger partial charge >= 0.3 is 0 Å². The van der Waals surface area contributed by atoms with Crippen LogP contribution in [0, 0.1) is 0 Å². The Balaban J connectivity index is 1.56. The highest BCUT2D eigenvalue weighted by Gasteiger charge is 2.62. The van der Waals surface area contributed by atoms with E-state index in [1.165, 1.54) is 9.80 Å². The molecule has 52 N–H and O–H groups in total. The summed E-state index contributed by atoms with van der Waals surface area (Å²) < 4.78 is 26.7. The molecule has 4 aromatic rings. The first kappa shape index (κ1) is 94.5. The molecule has 24 unspecified atom stereocenters. The van der Waals surface area contributed by atoms with E-state index in [9.17, 15) is 0 Å². The van der Waals surface area contributed by atoms with Crippen molar-refractivity contribution in [3.8, 4) is 22.3 Å². The van der Waals surface area contributed by atoms with E-state index in [-0.39, 0.29) is 88.2 Å². The first-order chi connectivity index (χ1) is 54.0. The van der Waals surface area contributed by atoms with Gasteiger partial charge in [0.05, 0.1) is 46.5 Å². The third kappa shape index (κ3) is 17.4. The summed E-state index contributed by atoms with van der Waals surface area (Å²) in [5, 5.41) is 14.4. The fourth-order valence-corrected chi connectivity index (χ4v) is 18.8. The maximum absolute atomic E-state index is 17.1. The van der Waals surface area contributed by atoms with Gasteiger partial charge in [0.15, 0.2) is 12.6 Å². The number of ether oxygens (including phenoxy) is 4. The minimum absolute atomic E-state index is 0.000636. The summed E-state index contributed by atoms with van der Waals surface area (Å²) in [7, 11) is 6.96. The highest BCUT2D eigenvalue weighted by Crippen LogP contribution is 2.59. The highest BCUT2D eigenvalue weighted by molar-refractivity contribution is 9.10. The molecule has 4 aliphatic rings. The van der Waals surface area contributed by atoms with Crippen LogP contribution in [0.25, 0.3) is 33.6 Å². The van der Waals surface area contributed by atoms with Crippen LogP contribution in [0.1, 0.15) is 61.1 Å². The number of fused-ring (bicyclic) bond motifs is 7. The normalized spacial score (nSPS) is 23.3. The summed E-state index contributed by atoms with van der Waals surface area (Å²) in [4.78, 5) is 37.2. The monoisotopic (exact) mass is 1720 g/mol. The average molecular weight is 1720 g/mol. The summed E-state index contributed by atoms with van der Waals surface area (Å²) in [6, 6.07) is -0.682. The van der Waals surface area contributed by atoms with E-state index in [2.05, 4.69) is 53.1 Å². The molecule has 0 radical (unpaired) electrons. The number of likely N-dealkylation sites (N-methyl/N-ethyl adjacent to an activating group) is 4. The molecule has 8 rings (SSSR count). The molecular formula is C76H134Br2N30O6. The fraction of sp³-hybridized carbons (Fsp3) is 0.605. The van der Waals surface area contributed by atoms with Crippen LogP contribution in [-0.4, -0.2) is 273 Å². The van der Waals surface area contributed by atoms with Gasteiger partial charge in [-0.1, -0.05) is 68.3 Å². The van der Waals surface area contributed by atoms with Gasteiger partial charge in [-0.15, -0.1) is 0 Å². The topological polar surface area (TPSA) is 750 Å². The minimum Gasteiger partial charge on any atom is -0.351 e. The zero-order valence-corrected chi connectivity index (χ0v) is 70.1. The Morgan fingerprint density at radius 2 is 0.553 bits per heavy atom. The number of carbonyl (C=O) groups is 2. The van der Waals surface area contributed by atoms with Crippen molar-refractivity contribution in [2.24, 2.45) is 138 Å². The average Bonchev–Trinajstić information content (AvgIpc) is 1.51. The quantitative estimate of drug-likeness (QED) is 0.0183. The SMILES string of the molecule is CCOC(CN1C(=O)C2=C(c3ccc4c(c3)C(C(NC)C(N)C(N)C(N)C(N)C(N)CN)(C(NC)C(N)C(N)C(N)C(N)C(N)CN)c3cc(Br)ccc3-4)N(CC(OCC)OCC)C(=O)C2=C1c1ccc2c(c1)C(C(NC)C(N)C(N)C(N)C(N)C(N)CN)(C(NC)C(N)C(N)C(N)C(N)C(N)CN)c1cc(Br)ccc1-2)OCC. The maximum Gasteiger partial charge on any atom is 0.261 e. The Morgan fingerprint density at radius 3 is 0.772 bits per heavy atom. The molecule has 38 heteroatoms. The molecule has 2 aliphatic carbocycles. The molecule has 2 amide bonds. The van der Waals surface area contributed by atoms with Crippen LogP contribution in [0.3, 0.4) is 0 Å². The Hall–Kier alpha value is -5.02. The van der Waals surface area contributed by atoms with Gasteiger partial charge in [0.1, 0.15) is 0 Å². The Labute approximate surface area is 687 Å². The van der Waals surface area contributed by atoms with Gasteiger partial charge in [-0.2, -0.15) is 0 Å². The van der Waals surface area contributed by atoms with Crippen molar-refractivity contribution in [3.05, 3.63) is 126 Å². The van der Waals surface area contributed by atoms with Crippen LogP contribution < -0.4 is 159 Å². The molecule has 0 spiro atoms. The molecule has 0 fully saturated rings. The number of nitrogens with one attached hydrogen (secondary N) is 4. The van der Waals surface area contributed by atoms with E-state index >= 15 is 9.59 Å². The number of rotatable bonds is 46. The van der Waals surface area contributed by atoms with Gasteiger partial charge < -0.3 is 188 Å². The molecule has 0 saturated heterocycles. The second kappa shape index (κ2) is 40.4. The summed E-state index contributed by atoms with van der Waals surface area (Å²) >= 11 is 7.67. The van der Waals surface area contributed by atoms with E-state index < -0.39 is 180 Å². The van der Waals surface area contributed by atoms with Gasteiger partial charge in [-0.25, -0.2) is 0 Å². The molecule has 2 heterocycles. The van der Waals surface area contributed by atoms with Crippen molar-refractivity contribution in [1.29, 1.82) is 0 Å². The van der Waals surface area contributed by atoms with E-state index in [0.717, 1.165) is 11.1 Å². The van der Waals surface area contributed by atoms with E-state index in [1.54, 1.807) is 28.2 Å². The van der Waals surface area contributed by atoms with E-state index in [0.29, 0.717) is 53.5 Å². The van der Waals surface area contributed by atoms with Crippen molar-refractivity contribution < 1.29 is 28.5 Å². The third-order valence-corrected chi connectivity index (χ3v) is 25.3. The van der Waals surface area contributed by atoms with Gasteiger partial charge in [0.2, 0.25) is 0 Å². The third-order valence-electron chi connectivity index (χ3n) is 24.3. The van der Waals surface area contributed by atoms with Crippen LogP contribution in [0.15, 0.2) is 92.9 Å². The number of nitrogens with zero attached hydrogens (tertiary/aromatic N) is 2. The molecule has 638 valence electrons. The lowest BCUT2D eigenvalue weighted by Gasteiger charge is -2.52. The lowest BCUT2D eigenvalue weighted by molar-refractivity contribution is -0.151. The molecular weight excluding hydrogens is 1590 g/mol. The van der Waals surface area contributed by atoms with E-state index in [4.69, 9.17) is 157 Å². The molecule has 0 bridgehead atoms. The van der Waals surface area contributed by atoms with Gasteiger partial charge in [0, 0.05) is 207 Å². The zero-order valence-electron chi connectivity index (χ0n) is 67.0. The standard InChI is InChI=1S/C76H134Br2N30O6/c1-9-111-47(112-10-2)29-107-67(31-13-17-35-37-19-15-33(77)23-41(37)75(39(35)21-31,69(103-5)63(99)59(95)55(91)51(87)43(83)25-79)70(104-6)64(100)60(96)56(92)52(88)44(84)26-80)49-50(73(107)109)68(108(74(49)110)30-48(113-11-3)114-12-4)32-14-18-36-38-20-16-34(78)24-42(38)76(40(36)22-32,71(105-7)65(101)61(97)57(93)53(89)45(85)27-81)72(106-8)66(102)62(98)58(94)54(90)46(86)28-82/h13-24,43-48,51-66,69-72,103-106H,9-12,25-30,79-102H2,1-8H3. The Morgan fingerprint density at radius 1 is 0.333 bits per heavy atom. The number of hydrogen-bond acceptors (Lipinski definition) is 34. The molecule has 0 aromatic heterocycles. The molecule has 114 heavy (non-hydrogen) atoms. The van der Waals surface area contributed by atoms with Crippen molar-refractivity contribution in [3.63, 3.8) is 0 Å². The van der Waals surface area contributed by atoms with Crippen molar-refractivity contribution in [1.82, 2.24) is 31.1 Å². The first-order valence-electron chi connectivity index (χ1n) is 39.2. The predicted octanol–water partition coefficient (Wildman–Crippen LogP) is -8.92. The molecule has 2 aliphatic heterocycles. The number of amides is 2. The number of hydrogen-bond donors (Lipinski definition) is 28. The van der Waals surface area contributed by atoms with Crippen LogP contribution in [-0.2, 0) is 39.4 Å². The summed E-state index contributed by atoms with van der Waals surface area (Å²) in [5.74, 6) is -1.21. The molecule has 36 nitrogen and oxygen atoms in total. The molecule has 4 aromatic carbocycles. The van der Waals surface area contributed by atoms with Gasteiger partial charge in [-0.05, 0) is 148 Å². The predicted molar refractivity (Wildman–Crippen MR) is 459 cm³/mol. The smallest absolute Gasteiger partial charge is 0.261 e. The number of nitrogens with two attached hydrogens (primary N) is 24. The van der Waals surface area contributed by atoms with Crippen LogP contribution in [0.4, 0.5) is 0 Å². The first-order valence-corrected chi connectivity index (χ1v) is 40.8. The van der Waals surface area contributed by atoms with Crippen LogP contribution in [0.5, 0.6) is 0 Å². The van der Waals surface area contributed by atoms with Crippen molar-refractivity contribution >= 4 is 55.1 Å². The number of benzene rings is 4. The van der Waals surface area contributed by atoms with Gasteiger partial charge in [0.25, 0.3) is 11.8 Å². The van der Waals surface area contributed by atoms with E-state index in [1.807, 2.05) is 100 Å². The van der Waals surface area contributed by atoms with Gasteiger partial charge in [-0.3, -0.25) is 9.59 Å². The Bertz CT molecular complexity index is 3620. The second-order valence-electron chi connectivity index (χ2n) is 30.5. The molecule has 0 saturated carbocycles. The van der Waals surface area contributed by atoms with Crippen LogP contribution in [0.2, 0.25) is 0 Å². The largest absolute Gasteiger partial charge is 0.351 e. The van der Waals surface area contributed by atoms with Crippen molar-refractivity contribution in [2.75, 3.05) is 93.9 Å². The lowest BCUT2D eigenvalue weighted by atomic mass is 9.60. The van der Waals surface area contributed by atoms with Crippen molar-refractivity contribution in [2.45, 2.75) is 196 Å². The Kier molecular flexibility index (Phi) is 33.4. The minimum atomic E-state index is -1.53. The fourth-order valence-electron chi connectivity index (χ4n) is 18.0. The second-order valence-corrected chi connectivity index (χ2v) is 32.3. The van der Waals surface area contributed by atoms with Crippen LogP contribution >= 0.6 is 31.9 Å². The number of halogens is 2. The number of carbonyl (C=O) groups excluding carboxylic acids is 2. The molecule has 24 atom stereocenters. The summed E-state index contributed by atoms with van der Waals surface area (Å²) in [6.45, 7) is 7.43. The zero-order chi connectivity index (χ0) is 84.8. The summed E-state index contributed by atoms with van der Waals surface area (Å²) in [6.07, 6.45) is -2.11. The lowest BCUT2D eigenvalue weighted by Crippen LogP contribution is -2.76. The summed E-state index contributed by atoms with van der Waals surface area (Å²) in [5.41, 5.74) is 169. The highest BCUT2D eigenvalue weighted by atomic mass is 79.9. The maximum atomic E-state index is 17.1.